The van der Waals surface area contributed by atoms with Crippen LogP contribution in [-0.2, 0) is 6.54 Å². The molecular formula is C17H16N6O. The van der Waals surface area contributed by atoms with Crippen LogP contribution in [0.3, 0.4) is 0 Å². The molecule has 0 saturated carbocycles. The molecule has 1 aromatic heterocycles. The van der Waals surface area contributed by atoms with Gasteiger partial charge < -0.3 is 16.8 Å². The zero-order valence-corrected chi connectivity index (χ0v) is 12.8. The Kier molecular flexibility index (Phi) is 4.33. The maximum Gasteiger partial charge on any atom is 0.248 e. The third kappa shape index (κ3) is 3.64. The van der Waals surface area contributed by atoms with Crippen LogP contribution in [0.15, 0.2) is 54.6 Å². The highest BCUT2D eigenvalue weighted by molar-refractivity contribution is 5.93. The van der Waals surface area contributed by atoms with E-state index < -0.39 is 5.91 Å². The normalized spacial score (nSPS) is 10.3. The summed E-state index contributed by atoms with van der Waals surface area (Å²) in [5.41, 5.74) is 13.2. The van der Waals surface area contributed by atoms with Crippen LogP contribution in [0.2, 0.25) is 0 Å². The number of primary amides is 1. The molecule has 7 heteroatoms. The summed E-state index contributed by atoms with van der Waals surface area (Å²) >= 11 is 0. The molecule has 0 radical (unpaired) electrons. The second kappa shape index (κ2) is 6.74. The van der Waals surface area contributed by atoms with Crippen LogP contribution in [0.25, 0.3) is 11.4 Å². The Morgan fingerprint density at radius 1 is 0.958 bits per heavy atom. The molecule has 3 rings (SSSR count). The average Bonchev–Trinajstić information content (AvgIpc) is 2.60. The smallest absolute Gasteiger partial charge is 0.248 e. The SMILES string of the molecule is NC(=O)c1ccc(-c2nc(N)nc(NCc3ccccc3)n2)cc1. The average molecular weight is 320 g/mol. The Morgan fingerprint density at radius 2 is 1.67 bits per heavy atom. The van der Waals surface area contributed by atoms with E-state index in [-0.39, 0.29) is 5.95 Å². The van der Waals surface area contributed by atoms with Crippen LogP contribution >= 0.6 is 0 Å². The molecule has 120 valence electrons. The summed E-state index contributed by atoms with van der Waals surface area (Å²) in [6, 6.07) is 16.6. The molecule has 0 aliphatic rings. The second-order valence-electron chi connectivity index (χ2n) is 5.12. The van der Waals surface area contributed by atoms with Gasteiger partial charge in [-0.15, -0.1) is 0 Å². The highest BCUT2D eigenvalue weighted by atomic mass is 16.1. The lowest BCUT2D eigenvalue weighted by atomic mass is 10.1. The van der Waals surface area contributed by atoms with E-state index in [0.717, 1.165) is 11.1 Å². The molecule has 0 fully saturated rings. The van der Waals surface area contributed by atoms with Crippen LogP contribution in [-0.4, -0.2) is 20.9 Å². The molecular weight excluding hydrogens is 304 g/mol. The Bertz CT molecular complexity index is 849. The van der Waals surface area contributed by atoms with Crippen LogP contribution in [0.1, 0.15) is 15.9 Å². The van der Waals surface area contributed by atoms with Gasteiger partial charge in [0.05, 0.1) is 0 Å². The molecule has 0 atom stereocenters. The van der Waals surface area contributed by atoms with Gasteiger partial charge in [-0.25, -0.2) is 0 Å². The number of carbonyl (C=O) groups is 1. The first-order valence-electron chi connectivity index (χ1n) is 7.31. The number of anilines is 2. The standard InChI is InChI=1S/C17H16N6O/c18-14(24)12-6-8-13(9-7-12)15-21-16(19)23-17(22-15)20-10-11-4-2-1-3-5-11/h1-9H,10H2,(H2,18,24)(H3,19,20,21,22,23). The van der Waals surface area contributed by atoms with Crippen molar-refractivity contribution in [3.63, 3.8) is 0 Å². The van der Waals surface area contributed by atoms with Gasteiger partial charge >= 0.3 is 0 Å². The Labute approximate surface area is 138 Å². The van der Waals surface area contributed by atoms with Gasteiger partial charge in [0.2, 0.25) is 17.8 Å². The van der Waals surface area contributed by atoms with Crippen LogP contribution in [0, 0.1) is 0 Å². The fourth-order valence-electron chi connectivity index (χ4n) is 2.16. The Morgan fingerprint density at radius 3 is 2.33 bits per heavy atom. The monoisotopic (exact) mass is 320 g/mol. The zero-order valence-electron chi connectivity index (χ0n) is 12.8. The third-order valence-electron chi connectivity index (χ3n) is 3.37. The van der Waals surface area contributed by atoms with E-state index in [0.29, 0.717) is 23.9 Å². The van der Waals surface area contributed by atoms with E-state index in [1.54, 1.807) is 24.3 Å². The van der Waals surface area contributed by atoms with Gasteiger partial charge in [-0.3, -0.25) is 4.79 Å². The molecule has 0 aliphatic heterocycles. The fraction of sp³-hybridized carbons (Fsp3) is 0.0588. The lowest BCUT2D eigenvalue weighted by Gasteiger charge is -2.08. The molecule has 1 amide bonds. The van der Waals surface area contributed by atoms with Crippen molar-refractivity contribution in [2.75, 3.05) is 11.1 Å². The summed E-state index contributed by atoms with van der Waals surface area (Å²) in [7, 11) is 0. The van der Waals surface area contributed by atoms with Crippen LogP contribution in [0.5, 0.6) is 0 Å². The van der Waals surface area contributed by atoms with Crippen molar-refractivity contribution in [3.8, 4) is 11.4 Å². The number of rotatable bonds is 5. The van der Waals surface area contributed by atoms with Crippen molar-refractivity contribution in [3.05, 3.63) is 65.7 Å². The first kappa shape index (κ1) is 15.4. The Hall–Kier alpha value is -3.48. The number of hydrogen-bond acceptors (Lipinski definition) is 6. The molecule has 0 aliphatic carbocycles. The number of hydrogen-bond donors (Lipinski definition) is 3. The van der Waals surface area contributed by atoms with Crippen molar-refractivity contribution >= 4 is 17.8 Å². The number of amides is 1. The number of nitrogens with one attached hydrogen (secondary N) is 1. The van der Waals surface area contributed by atoms with Gasteiger partial charge in [0.1, 0.15) is 0 Å². The van der Waals surface area contributed by atoms with Crippen molar-refractivity contribution in [1.82, 2.24) is 15.0 Å². The summed E-state index contributed by atoms with van der Waals surface area (Å²) in [5, 5.41) is 3.13. The minimum Gasteiger partial charge on any atom is -0.368 e. The van der Waals surface area contributed by atoms with E-state index in [1.165, 1.54) is 0 Å². The highest BCUT2D eigenvalue weighted by Crippen LogP contribution is 2.18. The lowest BCUT2D eigenvalue weighted by Crippen LogP contribution is -2.10. The Balaban J connectivity index is 1.82. The minimum atomic E-state index is -0.484. The molecule has 5 N–H and O–H groups in total. The predicted molar refractivity (Wildman–Crippen MR) is 92.0 cm³/mol. The number of nitrogen functional groups attached to an aromatic ring is 1. The highest BCUT2D eigenvalue weighted by Gasteiger charge is 2.08. The molecule has 3 aromatic rings. The second-order valence-corrected chi connectivity index (χ2v) is 5.12. The van der Waals surface area contributed by atoms with Crippen molar-refractivity contribution in [1.29, 1.82) is 0 Å². The third-order valence-corrected chi connectivity index (χ3v) is 3.37. The summed E-state index contributed by atoms with van der Waals surface area (Å²) in [6.07, 6.45) is 0. The molecule has 7 nitrogen and oxygen atoms in total. The topological polar surface area (TPSA) is 120 Å². The summed E-state index contributed by atoms with van der Waals surface area (Å²) in [6.45, 7) is 0.574. The largest absolute Gasteiger partial charge is 0.368 e. The molecule has 0 saturated heterocycles. The molecule has 0 spiro atoms. The number of carbonyl (C=O) groups excluding carboxylic acids is 1. The molecule has 0 unspecified atom stereocenters. The van der Waals surface area contributed by atoms with E-state index in [9.17, 15) is 4.79 Å². The lowest BCUT2D eigenvalue weighted by molar-refractivity contribution is 0.100. The van der Waals surface area contributed by atoms with Crippen molar-refractivity contribution < 1.29 is 4.79 Å². The van der Waals surface area contributed by atoms with E-state index in [4.69, 9.17) is 11.5 Å². The van der Waals surface area contributed by atoms with E-state index >= 15 is 0 Å². The summed E-state index contributed by atoms with van der Waals surface area (Å²) in [5.74, 6) is 0.450. The quantitative estimate of drug-likeness (QED) is 0.659. The summed E-state index contributed by atoms with van der Waals surface area (Å²) < 4.78 is 0. The van der Waals surface area contributed by atoms with E-state index in [2.05, 4.69) is 20.3 Å². The predicted octanol–water partition coefficient (Wildman–Crippen LogP) is 1.83. The van der Waals surface area contributed by atoms with Crippen molar-refractivity contribution in [2.24, 2.45) is 5.73 Å². The van der Waals surface area contributed by atoms with Gasteiger partial charge in [-0.05, 0) is 17.7 Å². The van der Waals surface area contributed by atoms with Crippen LogP contribution < -0.4 is 16.8 Å². The first-order valence-corrected chi connectivity index (χ1v) is 7.31. The molecule has 2 aromatic carbocycles. The number of nitrogens with zero attached hydrogens (tertiary/aromatic N) is 3. The van der Waals surface area contributed by atoms with E-state index in [1.807, 2.05) is 30.3 Å². The van der Waals surface area contributed by atoms with Gasteiger partial charge in [-0.1, -0.05) is 42.5 Å². The zero-order chi connectivity index (χ0) is 16.9. The maximum absolute atomic E-state index is 11.1. The van der Waals surface area contributed by atoms with Gasteiger partial charge in [0, 0.05) is 17.7 Å². The van der Waals surface area contributed by atoms with Gasteiger partial charge in [-0.2, -0.15) is 15.0 Å². The van der Waals surface area contributed by atoms with Crippen molar-refractivity contribution in [2.45, 2.75) is 6.54 Å². The maximum atomic E-state index is 11.1. The number of nitrogens with two attached hydrogens (primary N) is 2. The summed E-state index contributed by atoms with van der Waals surface area (Å²) in [4.78, 5) is 23.7. The van der Waals surface area contributed by atoms with Gasteiger partial charge in [0.15, 0.2) is 5.82 Å². The van der Waals surface area contributed by atoms with Crippen LogP contribution in [0.4, 0.5) is 11.9 Å². The molecule has 24 heavy (non-hydrogen) atoms. The first-order chi connectivity index (χ1) is 11.6. The fourth-order valence-corrected chi connectivity index (χ4v) is 2.16. The molecule has 1 heterocycles. The molecule has 0 bridgehead atoms. The number of benzene rings is 2. The number of aromatic nitrogens is 3. The minimum absolute atomic E-state index is 0.120. The van der Waals surface area contributed by atoms with Gasteiger partial charge in [0.25, 0.3) is 0 Å².